The van der Waals surface area contributed by atoms with Crippen LogP contribution >= 0.6 is 0 Å². The van der Waals surface area contributed by atoms with Crippen LogP contribution in [0.4, 0.5) is 0 Å². The van der Waals surface area contributed by atoms with E-state index in [1.165, 1.54) is 19.3 Å². The Labute approximate surface area is 114 Å². The van der Waals surface area contributed by atoms with Crippen LogP contribution in [0.15, 0.2) is 42.5 Å². The first kappa shape index (κ1) is 12.5. The average molecular weight is 256 g/mol. The van der Waals surface area contributed by atoms with Gasteiger partial charge < -0.3 is 4.74 Å². The van der Waals surface area contributed by atoms with Crippen molar-refractivity contribution < 1.29 is 9.53 Å². The van der Waals surface area contributed by atoms with Gasteiger partial charge in [0.05, 0.1) is 0 Å². The fourth-order valence-corrected chi connectivity index (χ4v) is 3.64. The zero-order valence-corrected chi connectivity index (χ0v) is 11.2. The summed E-state index contributed by atoms with van der Waals surface area (Å²) >= 11 is 0. The summed E-state index contributed by atoms with van der Waals surface area (Å²) in [5, 5.41) is 0. The van der Waals surface area contributed by atoms with E-state index in [0.717, 1.165) is 17.9 Å². The molecule has 0 N–H and O–H groups in total. The zero-order chi connectivity index (χ0) is 13.2. The van der Waals surface area contributed by atoms with Crippen molar-refractivity contribution in [3.63, 3.8) is 0 Å². The molecular formula is C17H20O2. The monoisotopic (exact) mass is 256 g/mol. The van der Waals surface area contributed by atoms with Gasteiger partial charge in [-0.25, -0.2) is 4.79 Å². The van der Waals surface area contributed by atoms with Gasteiger partial charge in [-0.05, 0) is 42.6 Å². The molecule has 1 aromatic rings. The van der Waals surface area contributed by atoms with E-state index in [2.05, 4.69) is 6.58 Å². The predicted molar refractivity (Wildman–Crippen MR) is 74.3 cm³/mol. The molecule has 19 heavy (non-hydrogen) atoms. The summed E-state index contributed by atoms with van der Waals surface area (Å²) in [7, 11) is 0. The molecule has 2 saturated carbocycles. The summed E-state index contributed by atoms with van der Waals surface area (Å²) in [4.78, 5) is 12.1. The summed E-state index contributed by atoms with van der Waals surface area (Å²) in [6, 6.07) is 9.79. The molecule has 2 aliphatic carbocycles. The van der Waals surface area contributed by atoms with Crippen LogP contribution in [0.3, 0.4) is 0 Å². The number of benzene rings is 1. The Morgan fingerprint density at radius 1 is 1.21 bits per heavy atom. The molecule has 3 atom stereocenters. The Morgan fingerprint density at radius 3 is 2.63 bits per heavy atom. The second-order valence-electron chi connectivity index (χ2n) is 5.87. The maximum atomic E-state index is 12.1. The molecule has 2 nitrogen and oxygen atoms in total. The predicted octanol–water partition coefficient (Wildman–Crippen LogP) is 3.72. The molecule has 3 rings (SSSR count). The van der Waals surface area contributed by atoms with Gasteiger partial charge in [-0.1, -0.05) is 43.3 Å². The van der Waals surface area contributed by atoms with E-state index in [0.29, 0.717) is 24.0 Å². The van der Waals surface area contributed by atoms with Crippen LogP contribution in [0.2, 0.25) is 0 Å². The minimum Gasteiger partial charge on any atom is -0.457 e. The maximum Gasteiger partial charge on any atom is 0.334 e. The van der Waals surface area contributed by atoms with E-state index < -0.39 is 0 Å². The van der Waals surface area contributed by atoms with Gasteiger partial charge in [0.2, 0.25) is 0 Å². The molecular weight excluding hydrogens is 236 g/mol. The lowest BCUT2D eigenvalue weighted by atomic mass is 9.84. The Kier molecular flexibility index (Phi) is 3.41. The number of carbonyl (C=O) groups is 1. The topological polar surface area (TPSA) is 26.3 Å². The molecule has 100 valence electrons. The van der Waals surface area contributed by atoms with Crippen molar-refractivity contribution in [3.05, 3.63) is 48.0 Å². The molecule has 2 fully saturated rings. The fraction of sp³-hybridized carbons (Fsp3) is 0.471. The van der Waals surface area contributed by atoms with Gasteiger partial charge in [0.15, 0.2) is 0 Å². The highest BCUT2D eigenvalue weighted by molar-refractivity contribution is 5.88. The van der Waals surface area contributed by atoms with Crippen molar-refractivity contribution in [2.24, 2.45) is 17.8 Å². The van der Waals surface area contributed by atoms with Gasteiger partial charge in [0.25, 0.3) is 0 Å². The lowest BCUT2D eigenvalue weighted by Gasteiger charge is -2.22. The minimum atomic E-state index is -0.207. The summed E-state index contributed by atoms with van der Waals surface area (Å²) in [5.41, 5.74) is 1.72. The van der Waals surface area contributed by atoms with Gasteiger partial charge in [-0.3, -0.25) is 0 Å². The molecule has 0 spiro atoms. The largest absolute Gasteiger partial charge is 0.457 e. The molecule has 0 aromatic heterocycles. The van der Waals surface area contributed by atoms with Gasteiger partial charge in [-0.15, -0.1) is 0 Å². The third-order valence-electron chi connectivity index (χ3n) is 4.66. The van der Waals surface area contributed by atoms with Gasteiger partial charge in [-0.2, -0.15) is 0 Å². The molecule has 3 unspecified atom stereocenters. The van der Waals surface area contributed by atoms with E-state index in [1.807, 2.05) is 30.3 Å². The van der Waals surface area contributed by atoms with E-state index >= 15 is 0 Å². The van der Waals surface area contributed by atoms with Crippen LogP contribution in [0.5, 0.6) is 0 Å². The van der Waals surface area contributed by atoms with Crippen LogP contribution in [-0.2, 0) is 16.1 Å². The summed E-state index contributed by atoms with van der Waals surface area (Å²) in [6.07, 6.45) is 5.04. The third-order valence-corrected chi connectivity index (χ3v) is 4.66. The number of ether oxygens (including phenoxy) is 1. The zero-order valence-electron chi connectivity index (χ0n) is 11.2. The van der Waals surface area contributed by atoms with E-state index in [9.17, 15) is 4.79 Å². The first-order valence-electron chi connectivity index (χ1n) is 7.14. The summed E-state index contributed by atoms with van der Waals surface area (Å²) < 4.78 is 5.37. The molecule has 0 radical (unpaired) electrons. The lowest BCUT2D eigenvalue weighted by Crippen LogP contribution is -2.20. The van der Waals surface area contributed by atoms with Crippen molar-refractivity contribution in [2.75, 3.05) is 0 Å². The first-order chi connectivity index (χ1) is 9.24. The quantitative estimate of drug-likeness (QED) is 0.606. The van der Waals surface area contributed by atoms with Crippen LogP contribution in [-0.4, -0.2) is 5.97 Å². The highest BCUT2D eigenvalue weighted by Crippen LogP contribution is 2.50. The maximum absolute atomic E-state index is 12.1. The average Bonchev–Trinajstić information content (AvgIpc) is 3.07. The number of hydrogen-bond donors (Lipinski definition) is 0. The van der Waals surface area contributed by atoms with Gasteiger partial charge in [0, 0.05) is 5.57 Å². The van der Waals surface area contributed by atoms with Crippen LogP contribution in [0.25, 0.3) is 0 Å². The van der Waals surface area contributed by atoms with Crippen molar-refractivity contribution in [3.8, 4) is 0 Å². The van der Waals surface area contributed by atoms with Crippen molar-refractivity contribution >= 4 is 5.97 Å². The molecule has 0 heterocycles. The number of esters is 1. The summed E-state index contributed by atoms with van der Waals surface area (Å²) in [5.74, 6) is 1.68. The SMILES string of the molecule is C=C(C(=O)OCc1ccccc1)C1CC2CCC1C2. The number of hydrogen-bond acceptors (Lipinski definition) is 2. The number of rotatable bonds is 4. The number of carbonyl (C=O) groups excluding carboxylic acids is 1. The van der Waals surface area contributed by atoms with E-state index in [1.54, 1.807) is 0 Å². The minimum absolute atomic E-state index is 0.207. The van der Waals surface area contributed by atoms with Crippen LogP contribution in [0.1, 0.15) is 31.2 Å². The van der Waals surface area contributed by atoms with Crippen molar-refractivity contribution in [2.45, 2.75) is 32.3 Å². The van der Waals surface area contributed by atoms with Crippen LogP contribution < -0.4 is 0 Å². The second-order valence-corrected chi connectivity index (χ2v) is 5.87. The highest BCUT2D eigenvalue weighted by Gasteiger charge is 2.42. The molecule has 1 aromatic carbocycles. The Balaban J connectivity index is 1.54. The van der Waals surface area contributed by atoms with Gasteiger partial charge in [0.1, 0.15) is 6.61 Å². The number of fused-ring (bicyclic) bond motifs is 2. The smallest absolute Gasteiger partial charge is 0.334 e. The van der Waals surface area contributed by atoms with Crippen molar-refractivity contribution in [1.29, 1.82) is 0 Å². The molecule has 0 aliphatic heterocycles. The van der Waals surface area contributed by atoms with Gasteiger partial charge >= 0.3 is 5.97 Å². The first-order valence-corrected chi connectivity index (χ1v) is 7.14. The highest BCUT2D eigenvalue weighted by atomic mass is 16.5. The van der Waals surface area contributed by atoms with E-state index in [4.69, 9.17) is 4.74 Å². The lowest BCUT2D eigenvalue weighted by molar-refractivity contribution is -0.141. The van der Waals surface area contributed by atoms with Crippen molar-refractivity contribution in [1.82, 2.24) is 0 Å². The Hall–Kier alpha value is -1.57. The Morgan fingerprint density at radius 2 is 2.00 bits per heavy atom. The molecule has 0 saturated heterocycles. The standard InChI is InChI=1S/C17H20O2/c1-12(16-10-14-7-8-15(16)9-14)17(18)19-11-13-5-3-2-4-6-13/h2-6,14-16H,1,7-11H2. The molecule has 2 aliphatic rings. The normalized spacial score (nSPS) is 28.3. The fourth-order valence-electron chi connectivity index (χ4n) is 3.64. The molecule has 0 amide bonds. The van der Waals surface area contributed by atoms with Crippen LogP contribution in [0, 0.1) is 17.8 Å². The van der Waals surface area contributed by atoms with E-state index in [-0.39, 0.29) is 5.97 Å². The molecule has 2 heteroatoms. The third kappa shape index (κ3) is 2.58. The second kappa shape index (κ2) is 5.20. The Bertz CT molecular complexity index is 477. The molecule has 2 bridgehead atoms. The summed E-state index contributed by atoms with van der Waals surface area (Å²) in [6.45, 7) is 4.34.